The van der Waals surface area contributed by atoms with Gasteiger partial charge in [0.1, 0.15) is 5.82 Å². The summed E-state index contributed by atoms with van der Waals surface area (Å²) in [5.41, 5.74) is 0.764. The number of thiophene rings is 1. The summed E-state index contributed by atoms with van der Waals surface area (Å²) in [5.74, 6) is -0.952. The fraction of sp³-hybridized carbons (Fsp3) is 0.294. The number of nitrogens with one attached hydrogen (secondary N) is 1. The molecule has 3 rings (SSSR count). The van der Waals surface area contributed by atoms with Crippen LogP contribution in [0, 0.1) is 5.82 Å². The first-order valence-electron chi connectivity index (χ1n) is 7.70. The lowest BCUT2D eigenvalue weighted by Crippen LogP contribution is -2.40. The van der Waals surface area contributed by atoms with E-state index in [1.807, 2.05) is 0 Å². The van der Waals surface area contributed by atoms with Crippen molar-refractivity contribution < 1.29 is 19.1 Å². The number of benzene rings is 1. The van der Waals surface area contributed by atoms with Crippen molar-refractivity contribution in [3.8, 4) is 0 Å². The lowest BCUT2D eigenvalue weighted by molar-refractivity contribution is -0.131. The Bertz CT molecular complexity index is 780. The molecule has 2 heterocycles. The minimum atomic E-state index is -0.636. The van der Waals surface area contributed by atoms with Crippen LogP contribution in [0.4, 0.5) is 4.39 Å². The van der Waals surface area contributed by atoms with Gasteiger partial charge in [-0.3, -0.25) is 9.59 Å². The molecule has 2 N–H and O–H groups in total. The molecule has 0 radical (unpaired) electrons. The van der Waals surface area contributed by atoms with E-state index < -0.39 is 6.10 Å². The van der Waals surface area contributed by atoms with Gasteiger partial charge in [0.05, 0.1) is 27.4 Å². The van der Waals surface area contributed by atoms with Gasteiger partial charge in [0.15, 0.2) is 0 Å². The van der Waals surface area contributed by atoms with E-state index in [1.54, 1.807) is 24.3 Å². The molecule has 2 aromatic rings. The molecular formula is C17H16BrFN2O3S. The van der Waals surface area contributed by atoms with Crippen molar-refractivity contribution in [3.63, 3.8) is 0 Å². The van der Waals surface area contributed by atoms with E-state index in [0.717, 1.165) is 9.35 Å². The topological polar surface area (TPSA) is 69.6 Å². The van der Waals surface area contributed by atoms with Crippen molar-refractivity contribution in [3.05, 3.63) is 56.4 Å². The average molecular weight is 427 g/mol. The Balaban J connectivity index is 1.65. The Kier molecular flexibility index (Phi) is 5.51. The number of aliphatic hydroxyl groups is 1. The van der Waals surface area contributed by atoms with Crippen LogP contribution in [0.3, 0.4) is 0 Å². The lowest BCUT2D eigenvalue weighted by Gasteiger charge is -2.25. The molecule has 1 aliphatic heterocycles. The number of amides is 2. The molecule has 0 aliphatic carbocycles. The zero-order valence-electron chi connectivity index (χ0n) is 13.1. The smallest absolute Gasteiger partial charge is 0.261 e. The maximum atomic E-state index is 13.1. The van der Waals surface area contributed by atoms with Crippen LogP contribution < -0.4 is 5.32 Å². The van der Waals surface area contributed by atoms with Crippen LogP contribution in [0.5, 0.6) is 0 Å². The summed E-state index contributed by atoms with van der Waals surface area (Å²) in [4.78, 5) is 26.6. The maximum Gasteiger partial charge on any atom is 0.261 e. The first-order chi connectivity index (χ1) is 11.9. The van der Waals surface area contributed by atoms with Crippen molar-refractivity contribution in [2.45, 2.75) is 18.6 Å². The van der Waals surface area contributed by atoms with E-state index in [1.165, 1.54) is 28.4 Å². The summed E-state index contributed by atoms with van der Waals surface area (Å²) < 4.78 is 13.9. The van der Waals surface area contributed by atoms with Gasteiger partial charge in [-0.1, -0.05) is 12.1 Å². The van der Waals surface area contributed by atoms with Gasteiger partial charge in [0, 0.05) is 6.54 Å². The quantitative estimate of drug-likeness (QED) is 0.789. The van der Waals surface area contributed by atoms with Crippen molar-refractivity contribution in [2.75, 3.05) is 13.1 Å². The lowest BCUT2D eigenvalue weighted by atomic mass is 10.0. The Morgan fingerprint density at radius 2 is 2.00 bits per heavy atom. The van der Waals surface area contributed by atoms with Crippen LogP contribution in [0.2, 0.25) is 0 Å². The van der Waals surface area contributed by atoms with Gasteiger partial charge in [0.25, 0.3) is 5.91 Å². The molecule has 1 aromatic heterocycles. The Morgan fingerprint density at radius 3 is 2.64 bits per heavy atom. The molecule has 2 atom stereocenters. The molecule has 0 spiro atoms. The fourth-order valence-corrected chi connectivity index (χ4v) is 4.17. The molecule has 1 aromatic carbocycles. The number of carbonyl (C=O) groups excluding carboxylic acids is 2. The molecule has 2 unspecified atom stereocenters. The molecule has 1 aliphatic rings. The van der Waals surface area contributed by atoms with Crippen LogP contribution in [-0.2, 0) is 4.79 Å². The molecule has 0 saturated carbocycles. The van der Waals surface area contributed by atoms with E-state index in [-0.39, 0.29) is 36.8 Å². The second-order valence-electron chi connectivity index (χ2n) is 5.79. The van der Waals surface area contributed by atoms with E-state index in [9.17, 15) is 19.1 Å². The van der Waals surface area contributed by atoms with Crippen LogP contribution in [0.15, 0.2) is 40.2 Å². The highest BCUT2D eigenvalue weighted by Gasteiger charge is 2.35. The molecule has 25 heavy (non-hydrogen) atoms. The summed E-state index contributed by atoms with van der Waals surface area (Å²) in [6, 6.07) is 9.01. The molecule has 1 saturated heterocycles. The second kappa shape index (κ2) is 7.63. The summed E-state index contributed by atoms with van der Waals surface area (Å²) in [6.07, 6.45) is -0.244. The number of hydrogen-bond acceptors (Lipinski definition) is 4. The second-order valence-corrected chi connectivity index (χ2v) is 8.25. The van der Waals surface area contributed by atoms with Gasteiger partial charge in [0.2, 0.25) is 5.91 Å². The maximum absolute atomic E-state index is 13.1. The fourth-order valence-electron chi connectivity index (χ4n) is 2.87. The third kappa shape index (κ3) is 4.26. The average Bonchev–Trinajstić information content (AvgIpc) is 3.19. The van der Waals surface area contributed by atoms with E-state index in [0.29, 0.717) is 11.3 Å². The third-order valence-electron chi connectivity index (χ3n) is 4.05. The SMILES string of the molecule is O=C(NCC(=O)N1CC(O)CC1c1ccc(F)cc1)c1ccc(Br)s1. The van der Waals surface area contributed by atoms with Crippen LogP contribution in [-0.4, -0.2) is 41.0 Å². The van der Waals surface area contributed by atoms with Crippen LogP contribution in [0.25, 0.3) is 0 Å². The third-order valence-corrected chi connectivity index (χ3v) is 5.67. The standard InChI is InChI=1S/C17H16BrFN2O3S/c18-15-6-5-14(25-15)17(24)20-8-16(23)21-9-12(22)7-13(21)10-1-3-11(19)4-2-10/h1-6,12-13,22H,7-9H2,(H,20,24). The summed E-state index contributed by atoms with van der Waals surface area (Å²) in [6.45, 7) is 0.0417. The Labute approximate surface area is 156 Å². The first kappa shape index (κ1) is 18.0. The molecular weight excluding hydrogens is 411 g/mol. The van der Waals surface area contributed by atoms with Gasteiger partial charge in [-0.05, 0) is 52.2 Å². The van der Waals surface area contributed by atoms with Crippen molar-refractivity contribution in [2.24, 2.45) is 0 Å². The number of halogens is 2. The van der Waals surface area contributed by atoms with Crippen molar-refractivity contribution in [1.82, 2.24) is 10.2 Å². The van der Waals surface area contributed by atoms with Crippen molar-refractivity contribution in [1.29, 1.82) is 0 Å². The number of β-amino-alcohol motifs (C(OH)–C–C–N with tert-alkyl or cyclic N) is 1. The summed E-state index contributed by atoms with van der Waals surface area (Å²) in [7, 11) is 0. The molecule has 0 bridgehead atoms. The monoisotopic (exact) mass is 426 g/mol. The van der Waals surface area contributed by atoms with Gasteiger partial charge >= 0.3 is 0 Å². The molecule has 5 nitrogen and oxygen atoms in total. The Morgan fingerprint density at radius 1 is 1.28 bits per heavy atom. The normalized spacial score (nSPS) is 19.9. The van der Waals surface area contributed by atoms with Gasteiger partial charge in [-0.15, -0.1) is 11.3 Å². The zero-order valence-corrected chi connectivity index (χ0v) is 15.5. The molecule has 132 valence electrons. The van der Waals surface area contributed by atoms with Gasteiger partial charge in [-0.25, -0.2) is 4.39 Å². The number of hydrogen-bond donors (Lipinski definition) is 2. The largest absolute Gasteiger partial charge is 0.391 e. The summed E-state index contributed by atoms with van der Waals surface area (Å²) in [5, 5.41) is 12.5. The molecule has 1 fully saturated rings. The number of rotatable bonds is 4. The van der Waals surface area contributed by atoms with Crippen molar-refractivity contribution >= 4 is 39.1 Å². The van der Waals surface area contributed by atoms with E-state index in [2.05, 4.69) is 21.2 Å². The summed E-state index contributed by atoms with van der Waals surface area (Å²) >= 11 is 4.57. The minimum absolute atomic E-state index is 0.154. The number of nitrogens with zero attached hydrogens (tertiary/aromatic N) is 1. The highest BCUT2D eigenvalue weighted by molar-refractivity contribution is 9.11. The Hall–Kier alpha value is -1.77. The zero-order chi connectivity index (χ0) is 18.0. The highest BCUT2D eigenvalue weighted by Crippen LogP contribution is 2.32. The van der Waals surface area contributed by atoms with E-state index >= 15 is 0 Å². The highest BCUT2D eigenvalue weighted by atomic mass is 79.9. The first-order valence-corrected chi connectivity index (χ1v) is 9.31. The van der Waals surface area contributed by atoms with Crippen LogP contribution in [0.1, 0.15) is 27.7 Å². The molecule has 2 amide bonds. The molecule has 8 heteroatoms. The number of aliphatic hydroxyl groups excluding tert-OH is 1. The van der Waals surface area contributed by atoms with Gasteiger partial charge in [-0.2, -0.15) is 0 Å². The minimum Gasteiger partial charge on any atom is -0.391 e. The van der Waals surface area contributed by atoms with E-state index in [4.69, 9.17) is 0 Å². The van der Waals surface area contributed by atoms with Crippen LogP contribution >= 0.6 is 27.3 Å². The van der Waals surface area contributed by atoms with Gasteiger partial charge < -0.3 is 15.3 Å². The number of carbonyl (C=O) groups is 2. The predicted molar refractivity (Wildman–Crippen MR) is 95.8 cm³/mol. The predicted octanol–water partition coefficient (Wildman–Crippen LogP) is 2.71. The number of likely N-dealkylation sites (tertiary alicyclic amines) is 1.